The Morgan fingerprint density at radius 2 is 2.07 bits per heavy atom. The van der Waals surface area contributed by atoms with Crippen molar-refractivity contribution >= 4 is 17.2 Å². The number of hydrogen-bond donors (Lipinski definition) is 1. The van der Waals surface area contributed by atoms with Gasteiger partial charge in [-0.05, 0) is 57.4 Å². The molecule has 0 bridgehead atoms. The number of rotatable bonds is 8. The van der Waals surface area contributed by atoms with Gasteiger partial charge in [0.15, 0.2) is 5.84 Å². The van der Waals surface area contributed by atoms with E-state index in [-0.39, 0.29) is 0 Å². The molecule has 4 heteroatoms. The first-order valence-electron chi connectivity index (χ1n) is 10.2. The van der Waals surface area contributed by atoms with E-state index >= 15 is 0 Å². The van der Waals surface area contributed by atoms with E-state index in [0.717, 1.165) is 55.4 Å². The average Bonchev–Trinajstić information content (AvgIpc) is 2.64. The molecule has 1 aromatic carbocycles. The van der Waals surface area contributed by atoms with Crippen LogP contribution in [0.2, 0.25) is 0 Å². The minimum Gasteiger partial charge on any atom is -0.354 e. The van der Waals surface area contributed by atoms with Gasteiger partial charge in [0.05, 0.1) is 17.1 Å². The number of nitrogens with zero attached hydrogens (tertiary/aromatic N) is 3. The van der Waals surface area contributed by atoms with Crippen molar-refractivity contribution in [1.29, 1.82) is 0 Å². The number of allylic oxidation sites excluding steroid dienone is 1. The number of hydrogen-bond acceptors (Lipinski definition) is 4. The van der Waals surface area contributed by atoms with E-state index in [1.807, 2.05) is 7.05 Å². The summed E-state index contributed by atoms with van der Waals surface area (Å²) >= 11 is 0. The normalized spacial score (nSPS) is 14.5. The summed E-state index contributed by atoms with van der Waals surface area (Å²) in [6.45, 7) is 18.3. The lowest BCUT2D eigenvalue weighted by atomic mass is 10.0. The summed E-state index contributed by atoms with van der Waals surface area (Å²) in [5.41, 5.74) is 5.79. The lowest BCUT2D eigenvalue weighted by Gasteiger charge is -2.35. The Morgan fingerprint density at radius 1 is 1.33 bits per heavy atom. The molecule has 0 aromatic heterocycles. The Labute approximate surface area is 165 Å². The average molecular weight is 369 g/mol. The van der Waals surface area contributed by atoms with Gasteiger partial charge in [-0.15, -0.1) is 0 Å². The topological polar surface area (TPSA) is 30.9 Å². The largest absolute Gasteiger partial charge is 0.354 e. The molecule has 0 aliphatic carbocycles. The lowest BCUT2D eigenvalue weighted by molar-refractivity contribution is 0.436. The SMILES string of the molecule is C=C1C(N(CC)CCNC)=Nc2ccc(CC)cc2N1/C=C(/C)CC(C)C. The molecule has 1 aromatic rings. The van der Waals surface area contributed by atoms with Gasteiger partial charge in [0.2, 0.25) is 0 Å². The molecular formula is C23H36N4. The van der Waals surface area contributed by atoms with E-state index in [9.17, 15) is 0 Å². The van der Waals surface area contributed by atoms with Crippen molar-refractivity contribution in [2.24, 2.45) is 10.9 Å². The third-order valence-corrected chi connectivity index (χ3v) is 4.88. The number of fused-ring (bicyclic) bond motifs is 1. The Kier molecular flexibility index (Phi) is 7.66. The summed E-state index contributed by atoms with van der Waals surface area (Å²) in [4.78, 5) is 9.54. The lowest BCUT2D eigenvalue weighted by Crippen LogP contribution is -2.41. The zero-order chi connectivity index (χ0) is 20.0. The van der Waals surface area contributed by atoms with Crippen LogP contribution in [0.15, 0.2) is 47.2 Å². The van der Waals surface area contributed by atoms with E-state index in [1.165, 1.54) is 11.1 Å². The number of aryl methyl sites for hydroxylation is 1. The molecule has 0 fully saturated rings. The number of benzene rings is 1. The molecular weight excluding hydrogens is 332 g/mol. The zero-order valence-corrected chi connectivity index (χ0v) is 18.0. The summed E-state index contributed by atoms with van der Waals surface area (Å²) in [6, 6.07) is 6.58. The third-order valence-electron chi connectivity index (χ3n) is 4.88. The van der Waals surface area contributed by atoms with Crippen LogP contribution in [-0.2, 0) is 6.42 Å². The summed E-state index contributed by atoms with van der Waals surface area (Å²) in [5, 5.41) is 3.23. The van der Waals surface area contributed by atoms with Crippen LogP contribution in [0.1, 0.15) is 46.6 Å². The predicted octanol–water partition coefficient (Wildman–Crippen LogP) is 5.10. The molecule has 27 heavy (non-hydrogen) atoms. The molecule has 1 aliphatic rings. The first kappa shape index (κ1) is 21.2. The standard InChI is InChI=1S/C23H36N4/c1-8-20-10-11-21-22(15-20)27(16-18(5)14-17(3)4)19(6)23(25-21)26(9-2)13-12-24-7/h10-11,15-17,24H,6,8-9,12-14H2,1-5,7H3/b18-16-. The van der Waals surface area contributed by atoms with Gasteiger partial charge >= 0.3 is 0 Å². The van der Waals surface area contributed by atoms with Gasteiger partial charge in [0.25, 0.3) is 0 Å². The van der Waals surface area contributed by atoms with Gasteiger partial charge in [-0.1, -0.05) is 39.0 Å². The maximum atomic E-state index is 4.99. The summed E-state index contributed by atoms with van der Waals surface area (Å²) in [6.07, 6.45) is 4.35. The highest BCUT2D eigenvalue weighted by molar-refractivity contribution is 6.06. The molecule has 0 spiro atoms. The molecule has 4 nitrogen and oxygen atoms in total. The molecule has 2 rings (SSSR count). The van der Waals surface area contributed by atoms with Gasteiger partial charge < -0.3 is 15.1 Å². The van der Waals surface area contributed by atoms with E-state index in [2.05, 4.69) is 80.7 Å². The highest BCUT2D eigenvalue weighted by atomic mass is 15.3. The second kappa shape index (κ2) is 9.75. The van der Waals surface area contributed by atoms with Crippen molar-refractivity contribution in [3.63, 3.8) is 0 Å². The Balaban J connectivity index is 2.50. The van der Waals surface area contributed by atoms with E-state index in [1.54, 1.807) is 0 Å². The van der Waals surface area contributed by atoms with E-state index in [0.29, 0.717) is 5.92 Å². The van der Waals surface area contributed by atoms with Crippen molar-refractivity contribution < 1.29 is 0 Å². The monoisotopic (exact) mass is 368 g/mol. The number of likely N-dealkylation sites (N-methyl/N-ethyl adjacent to an activating group) is 2. The predicted molar refractivity (Wildman–Crippen MR) is 119 cm³/mol. The van der Waals surface area contributed by atoms with Gasteiger partial charge in [-0.25, -0.2) is 4.99 Å². The highest BCUT2D eigenvalue weighted by Crippen LogP contribution is 2.38. The maximum Gasteiger partial charge on any atom is 0.153 e. The second-order valence-electron chi connectivity index (χ2n) is 7.69. The van der Waals surface area contributed by atoms with Crippen molar-refractivity contribution in [2.45, 2.75) is 47.5 Å². The van der Waals surface area contributed by atoms with Gasteiger partial charge in [0, 0.05) is 25.8 Å². The minimum absolute atomic E-state index is 0.636. The molecule has 0 saturated carbocycles. The van der Waals surface area contributed by atoms with Crippen LogP contribution in [0.25, 0.3) is 0 Å². The zero-order valence-electron chi connectivity index (χ0n) is 18.0. The van der Waals surface area contributed by atoms with Crippen LogP contribution in [0, 0.1) is 5.92 Å². The quantitative estimate of drug-likeness (QED) is 0.692. The van der Waals surface area contributed by atoms with E-state index in [4.69, 9.17) is 4.99 Å². The van der Waals surface area contributed by atoms with Crippen LogP contribution < -0.4 is 10.2 Å². The van der Waals surface area contributed by atoms with Crippen LogP contribution in [0.3, 0.4) is 0 Å². The van der Waals surface area contributed by atoms with Crippen LogP contribution >= 0.6 is 0 Å². The second-order valence-corrected chi connectivity index (χ2v) is 7.69. The van der Waals surface area contributed by atoms with Crippen molar-refractivity contribution in [3.8, 4) is 0 Å². The summed E-state index contributed by atoms with van der Waals surface area (Å²) in [5.74, 6) is 1.61. The molecule has 1 N–H and O–H groups in total. The molecule has 0 atom stereocenters. The Bertz CT molecular complexity index is 715. The fourth-order valence-corrected chi connectivity index (χ4v) is 3.49. The molecule has 1 heterocycles. The minimum atomic E-state index is 0.636. The molecule has 0 saturated heterocycles. The number of anilines is 1. The fourth-order valence-electron chi connectivity index (χ4n) is 3.49. The van der Waals surface area contributed by atoms with E-state index < -0.39 is 0 Å². The maximum absolute atomic E-state index is 4.99. The Morgan fingerprint density at radius 3 is 2.67 bits per heavy atom. The molecule has 0 radical (unpaired) electrons. The van der Waals surface area contributed by atoms with Crippen molar-refractivity contribution in [3.05, 3.63) is 47.8 Å². The smallest absolute Gasteiger partial charge is 0.153 e. The highest BCUT2D eigenvalue weighted by Gasteiger charge is 2.26. The van der Waals surface area contributed by atoms with Gasteiger partial charge in [0.1, 0.15) is 0 Å². The first-order chi connectivity index (χ1) is 12.9. The third kappa shape index (κ3) is 5.23. The summed E-state index contributed by atoms with van der Waals surface area (Å²) in [7, 11) is 1.98. The fraction of sp³-hybridized carbons (Fsp3) is 0.522. The first-order valence-corrected chi connectivity index (χ1v) is 10.2. The van der Waals surface area contributed by atoms with Crippen LogP contribution in [0.5, 0.6) is 0 Å². The number of amidine groups is 1. The summed E-state index contributed by atoms with van der Waals surface area (Å²) < 4.78 is 0. The van der Waals surface area contributed by atoms with Gasteiger partial charge in [-0.3, -0.25) is 0 Å². The van der Waals surface area contributed by atoms with Crippen LogP contribution in [0.4, 0.5) is 11.4 Å². The number of nitrogens with one attached hydrogen (secondary N) is 1. The van der Waals surface area contributed by atoms with Gasteiger partial charge in [-0.2, -0.15) is 0 Å². The molecule has 1 aliphatic heterocycles. The van der Waals surface area contributed by atoms with Crippen LogP contribution in [-0.4, -0.2) is 37.4 Å². The Hall–Kier alpha value is -2.07. The molecule has 0 amide bonds. The molecule has 148 valence electrons. The molecule has 0 unspecified atom stereocenters. The van der Waals surface area contributed by atoms with Crippen molar-refractivity contribution in [1.82, 2.24) is 10.2 Å². The number of aliphatic imine (C=N–C) groups is 1. The van der Waals surface area contributed by atoms with Crippen molar-refractivity contribution in [2.75, 3.05) is 31.6 Å².